The number of carboxylic acid groups (broad SMARTS) is 2. The van der Waals surface area contributed by atoms with E-state index in [1.807, 2.05) is 0 Å². The number of nitrogens with two attached hydrogens (primary N) is 2. The minimum Gasteiger partial charge on any atom is -0.480 e. The van der Waals surface area contributed by atoms with Crippen LogP contribution in [0.3, 0.4) is 0 Å². The molecule has 2 aromatic heterocycles. The molecule has 0 aliphatic rings. The highest BCUT2D eigenvalue weighted by atomic mass is 32.2. The Balaban J connectivity index is 0.000000377. The number of benzene rings is 3. The number of aryl methyl sites for hydroxylation is 2. The first-order chi connectivity index (χ1) is 44.5. The van der Waals surface area contributed by atoms with Crippen molar-refractivity contribution in [3.63, 3.8) is 0 Å². The van der Waals surface area contributed by atoms with Crippen molar-refractivity contribution in [3.05, 3.63) is 125 Å². The van der Waals surface area contributed by atoms with Crippen molar-refractivity contribution in [3.8, 4) is 0 Å². The molecule has 3 aromatic carbocycles. The van der Waals surface area contributed by atoms with Crippen LogP contribution in [0.1, 0.15) is 50.8 Å². The number of rotatable bonds is 35. The fourth-order valence-corrected chi connectivity index (χ4v) is 17.2. The fourth-order valence-electron chi connectivity index (χ4n) is 7.75. The number of carbonyl (C=O) groups is 9. The summed E-state index contributed by atoms with van der Waals surface area (Å²) in [6.07, 6.45) is 2.39. The van der Waals surface area contributed by atoms with E-state index in [4.69, 9.17) is 22.1 Å². The normalized spacial score (nSPS) is 13.5. The third-order valence-electron chi connectivity index (χ3n) is 12.7. The molecule has 0 aliphatic carbocycles. The number of nitrogens with one attached hydrogen (secondary N) is 6. The SMILES string of the molecule is CC(=O)NC(CCSC(CS(=O)(=O)c1ccccc1)n1ncn(C)c1=O)C(=O)O.CC(=O)N[C@@H](CSC(CS(=O)(=O)c1ccccc1)n1ncn(C)c1=O)C(N)=O.CNC(=O)N(N=N)C(CS(=O)(=O)c1ccccc1)SC[C@H](NC(=O)CC[C@H](N)C(C)=O)C(=O)NCC(=O)O. The predicted molar refractivity (Wildman–Crippen MR) is 348 cm³/mol. The van der Waals surface area contributed by atoms with Crippen LogP contribution in [-0.4, -0.2) is 200 Å². The highest BCUT2D eigenvalue weighted by Crippen LogP contribution is 2.29. The summed E-state index contributed by atoms with van der Waals surface area (Å²) in [5, 5.41) is 38.1. The number of hydrogen-bond acceptors (Lipinski definition) is 25. The summed E-state index contributed by atoms with van der Waals surface area (Å²) in [4.78, 5) is 129. The molecule has 0 saturated heterocycles. The van der Waals surface area contributed by atoms with Crippen LogP contribution in [0.4, 0.5) is 4.79 Å². The standard InChI is InChI=1S/C21H31N7O8S2.C17H22N4O6S2.C16H21N5O5S2/c1-13(29)15(22)8-9-17(30)26-16(20(33)25-10-19(31)32)11-37-18(28(27-23)21(34)24-2)12-38(35,36)14-6-4-3-5-7-14;1-12(22)19-14(16(23)24)8-9-28-15(21-17(25)20(2)11-18-21)10-29(26,27)13-6-4-3-5-7-13;1-11(22)19-13(15(17)23)8-27-14(21-16(24)20(2)10-18-21)9-28(25,26)12-6-4-3-5-7-12/h3-7,15-16,18,23H,8-12,22H2,1-2H3,(H,24,34)(H,25,33)(H,26,30)(H,31,32);3-7,11,14-15H,8-10H2,1-2H3,(H,19,22)(H,23,24);3-7,10,13-14H,8-9H2,1-2H3,(H2,17,23)(H,19,22)/t15-,16-,18?;;13-,14?/m0.0/s1. The molecule has 0 bridgehead atoms. The van der Waals surface area contributed by atoms with Crippen LogP contribution in [-0.2, 0) is 82.0 Å². The van der Waals surface area contributed by atoms with Crippen LogP contribution in [0.5, 0.6) is 0 Å². The number of thioether (sulfide) groups is 3. The zero-order valence-electron chi connectivity index (χ0n) is 51.9. The maximum absolute atomic E-state index is 13.0. The summed E-state index contributed by atoms with van der Waals surface area (Å²) < 4.78 is 81.6. The average Bonchev–Trinajstić information content (AvgIpc) is 1.82. The first kappa shape index (κ1) is 80.5. The number of carboxylic acids is 2. The van der Waals surface area contributed by atoms with Gasteiger partial charge in [-0.05, 0) is 61.9 Å². The van der Waals surface area contributed by atoms with Crippen molar-refractivity contribution in [2.24, 2.45) is 30.8 Å². The lowest BCUT2D eigenvalue weighted by atomic mass is 10.1. The first-order valence-electron chi connectivity index (χ1n) is 27.9. The summed E-state index contributed by atoms with van der Waals surface area (Å²) in [6.45, 7) is 2.97. The summed E-state index contributed by atoms with van der Waals surface area (Å²) in [5.74, 6) is -7.78. The predicted octanol–water partition coefficient (Wildman–Crippen LogP) is -0.967. The molecule has 0 radical (unpaired) electrons. The highest BCUT2D eigenvalue weighted by molar-refractivity contribution is 8.01. The Hall–Kier alpha value is -8.77. The molecule has 520 valence electrons. The van der Waals surface area contributed by atoms with Crippen LogP contribution < -0.4 is 49.4 Å². The molecule has 7 atom stereocenters. The quantitative estimate of drug-likeness (QED) is 0.0133. The average molecular weight is 1440 g/mol. The molecule has 12 N–H and O–H groups in total. The van der Waals surface area contributed by atoms with E-state index in [1.165, 1.54) is 112 Å². The molecule has 95 heavy (non-hydrogen) atoms. The van der Waals surface area contributed by atoms with Crippen molar-refractivity contribution in [2.45, 2.75) is 95.0 Å². The number of aromatic nitrogens is 6. The van der Waals surface area contributed by atoms with Gasteiger partial charge in [0.05, 0.1) is 38.0 Å². The fraction of sp³-hybridized carbons (Fsp3) is 0.426. The van der Waals surface area contributed by atoms with E-state index in [0.29, 0.717) is 5.01 Å². The maximum atomic E-state index is 13.0. The zero-order chi connectivity index (χ0) is 71.4. The smallest absolute Gasteiger partial charge is 0.346 e. The van der Waals surface area contributed by atoms with Crippen molar-refractivity contribution in [1.29, 1.82) is 5.53 Å². The second-order valence-electron chi connectivity index (χ2n) is 20.1. The van der Waals surface area contributed by atoms with E-state index in [9.17, 15) is 83.1 Å². The number of nitrogens with zero attached hydrogens (tertiary/aromatic N) is 8. The van der Waals surface area contributed by atoms with Gasteiger partial charge in [-0.15, -0.1) is 35.3 Å². The largest absolute Gasteiger partial charge is 0.480 e. The number of aliphatic carboxylic acids is 2. The van der Waals surface area contributed by atoms with Crippen molar-refractivity contribution in [2.75, 3.05) is 48.1 Å². The van der Waals surface area contributed by atoms with Crippen LogP contribution in [0.25, 0.3) is 0 Å². The summed E-state index contributed by atoms with van der Waals surface area (Å²) in [6, 6.07) is 17.7. The summed E-state index contributed by atoms with van der Waals surface area (Å²) in [5.41, 5.74) is 17.3. The maximum Gasteiger partial charge on any atom is 0.346 e. The molecule has 2 heterocycles. The number of amides is 7. The van der Waals surface area contributed by atoms with Gasteiger partial charge >= 0.3 is 29.3 Å². The number of carbonyl (C=O) groups excluding carboxylic acids is 7. The van der Waals surface area contributed by atoms with E-state index >= 15 is 0 Å². The second kappa shape index (κ2) is 38.6. The third kappa shape index (κ3) is 26.9. The summed E-state index contributed by atoms with van der Waals surface area (Å²) in [7, 11) is -7.21. The van der Waals surface area contributed by atoms with E-state index < -0.39 is 152 Å². The number of ketones is 1. The molecule has 7 amide bonds. The first-order valence-corrected chi connectivity index (χ1v) is 36.0. The van der Waals surface area contributed by atoms with Crippen LogP contribution in [0.15, 0.2) is 133 Å². The second-order valence-corrected chi connectivity index (χ2v) is 30.0. The zero-order valence-corrected chi connectivity index (χ0v) is 56.8. The van der Waals surface area contributed by atoms with Gasteiger partial charge in [-0.1, -0.05) is 59.8 Å². The molecule has 0 aliphatic heterocycles. The van der Waals surface area contributed by atoms with Crippen LogP contribution in [0.2, 0.25) is 0 Å². The van der Waals surface area contributed by atoms with Crippen molar-refractivity contribution < 1.29 is 78.6 Å². The van der Waals surface area contributed by atoms with Gasteiger partial charge < -0.3 is 48.3 Å². The van der Waals surface area contributed by atoms with Gasteiger partial charge in [0.1, 0.15) is 59.2 Å². The molecule has 41 heteroatoms. The molecule has 5 rings (SSSR count). The lowest BCUT2D eigenvalue weighted by Crippen LogP contribution is -2.50. The molecule has 35 nitrogen and oxygen atoms in total. The van der Waals surface area contributed by atoms with E-state index in [-0.39, 0.29) is 57.0 Å². The van der Waals surface area contributed by atoms with E-state index in [1.54, 1.807) is 42.5 Å². The molecular weight excluding hydrogens is 1370 g/mol. The monoisotopic (exact) mass is 1440 g/mol. The number of primary amides is 1. The van der Waals surface area contributed by atoms with Gasteiger partial charge in [-0.25, -0.2) is 44.4 Å². The lowest BCUT2D eigenvalue weighted by Gasteiger charge is -2.27. The molecule has 0 saturated carbocycles. The van der Waals surface area contributed by atoms with Gasteiger partial charge in [0.25, 0.3) is 0 Å². The van der Waals surface area contributed by atoms with Gasteiger partial charge in [-0.3, -0.25) is 42.7 Å². The van der Waals surface area contributed by atoms with Gasteiger partial charge in [0.2, 0.25) is 29.5 Å². The van der Waals surface area contributed by atoms with Crippen molar-refractivity contribution in [1.82, 2.24) is 60.3 Å². The Morgan fingerprint density at radius 3 is 1.44 bits per heavy atom. The van der Waals surface area contributed by atoms with Gasteiger partial charge in [0.15, 0.2) is 29.5 Å². The Bertz CT molecular complexity index is 3930. The Labute approximate surface area is 557 Å². The van der Waals surface area contributed by atoms with Gasteiger partial charge in [-0.2, -0.15) is 30.1 Å². The van der Waals surface area contributed by atoms with Crippen molar-refractivity contribution >= 4 is 118 Å². The molecule has 0 fully saturated rings. The number of hydrogen-bond donors (Lipinski definition) is 10. The highest BCUT2D eigenvalue weighted by Gasteiger charge is 2.34. The van der Waals surface area contributed by atoms with Gasteiger partial charge in [0, 0.05) is 52.9 Å². The minimum atomic E-state index is -3.99. The summed E-state index contributed by atoms with van der Waals surface area (Å²) >= 11 is 2.82. The number of Topliss-reactive ketones (excluding diaryl/α,β-unsaturated/α-hetero) is 1. The number of urea groups is 1. The topological polar surface area (TPSA) is 528 Å². The molecular formula is C54H74N16O19S6. The number of sulfone groups is 3. The molecule has 4 unspecified atom stereocenters. The molecule has 0 spiro atoms. The molecule has 5 aromatic rings. The van der Waals surface area contributed by atoms with Crippen LogP contribution >= 0.6 is 35.3 Å². The minimum absolute atomic E-state index is 0.00209. The van der Waals surface area contributed by atoms with E-state index in [2.05, 4.69) is 42.0 Å². The van der Waals surface area contributed by atoms with Crippen LogP contribution in [0, 0.1) is 5.53 Å². The Morgan fingerprint density at radius 1 is 0.632 bits per heavy atom. The Kier molecular flexibility index (Phi) is 32.7. The lowest BCUT2D eigenvalue weighted by molar-refractivity contribution is -0.141. The van der Waals surface area contributed by atoms with E-state index in [0.717, 1.165) is 44.6 Å². The third-order valence-corrected chi connectivity index (χ3v) is 22.4. The Morgan fingerprint density at radius 2 is 1.06 bits per heavy atom.